The van der Waals surface area contributed by atoms with E-state index >= 15 is 0 Å². The van der Waals surface area contributed by atoms with Gasteiger partial charge >= 0.3 is 0 Å². The van der Waals surface area contributed by atoms with Crippen molar-refractivity contribution in [3.05, 3.63) is 52.2 Å². The van der Waals surface area contributed by atoms with Gasteiger partial charge in [0, 0.05) is 17.6 Å². The van der Waals surface area contributed by atoms with Crippen molar-refractivity contribution >= 4 is 28.4 Å². The Labute approximate surface area is 124 Å². The molecule has 20 heavy (non-hydrogen) atoms. The van der Waals surface area contributed by atoms with Crippen molar-refractivity contribution in [1.29, 1.82) is 0 Å². The third kappa shape index (κ3) is 2.23. The first-order chi connectivity index (χ1) is 9.92. The Hall–Kier alpha value is -1.72. The summed E-state index contributed by atoms with van der Waals surface area (Å²) in [6.45, 7) is 0. The topological polar surface area (TPSA) is 30.2 Å². The van der Waals surface area contributed by atoms with Gasteiger partial charge in [0.2, 0.25) is 0 Å². The van der Waals surface area contributed by atoms with Crippen molar-refractivity contribution in [3.63, 3.8) is 0 Å². The minimum Gasteiger partial charge on any atom is -0.313 e. The molecule has 0 unspecified atom stereocenters. The summed E-state index contributed by atoms with van der Waals surface area (Å²) in [5.41, 5.74) is 2.22. The monoisotopic (exact) mass is 299 g/mol. The molecule has 3 aromatic rings. The number of thiazole rings is 1. The third-order valence-electron chi connectivity index (χ3n) is 3.30. The van der Waals surface area contributed by atoms with Crippen LogP contribution in [0.4, 0.5) is 5.69 Å². The first-order valence-electron chi connectivity index (χ1n) is 6.60. The number of aromatic nitrogens is 2. The van der Waals surface area contributed by atoms with Crippen molar-refractivity contribution < 1.29 is 0 Å². The van der Waals surface area contributed by atoms with Gasteiger partial charge < -0.3 is 4.57 Å². The molecule has 3 aromatic heterocycles. The van der Waals surface area contributed by atoms with Crippen molar-refractivity contribution in [2.75, 3.05) is 0 Å². The molecule has 1 aliphatic carbocycles. The Morgan fingerprint density at radius 1 is 1.20 bits per heavy atom. The van der Waals surface area contributed by atoms with Crippen molar-refractivity contribution in [2.24, 2.45) is 4.99 Å². The van der Waals surface area contributed by atoms with Crippen LogP contribution >= 0.6 is 22.7 Å². The van der Waals surface area contributed by atoms with Crippen LogP contribution in [0.3, 0.4) is 0 Å². The molecule has 5 heteroatoms. The Morgan fingerprint density at radius 2 is 2.15 bits per heavy atom. The number of thiophene rings is 1. The molecule has 0 bridgehead atoms. The normalized spacial score (nSPS) is 15.7. The fourth-order valence-corrected chi connectivity index (χ4v) is 4.01. The van der Waals surface area contributed by atoms with Crippen LogP contribution in [0.25, 0.3) is 10.6 Å². The van der Waals surface area contributed by atoms with Gasteiger partial charge in [-0.3, -0.25) is 4.98 Å². The summed E-state index contributed by atoms with van der Waals surface area (Å²) >= 11 is 3.50. The highest BCUT2D eigenvalue weighted by molar-refractivity contribution is 7.14. The molecule has 1 saturated carbocycles. The molecule has 0 saturated heterocycles. The number of rotatable bonds is 3. The SMILES string of the molecule is c1cncc(N=c2scc(-c3cccs3)n2C2CC2)c1. The maximum absolute atomic E-state index is 4.76. The molecule has 1 aliphatic rings. The third-order valence-corrected chi connectivity index (χ3v) is 5.03. The molecule has 3 nitrogen and oxygen atoms in total. The van der Waals surface area contributed by atoms with E-state index in [2.05, 4.69) is 32.4 Å². The zero-order chi connectivity index (χ0) is 13.4. The summed E-state index contributed by atoms with van der Waals surface area (Å²) in [4.78, 5) is 11.3. The first kappa shape index (κ1) is 12.1. The van der Waals surface area contributed by atoms with Crippen molar-refractivity contribution in [1.82, 2.24) is 9.55 Å². The van der Waals surface area contributed by atoms with E-state index in [1.165, 1.54) is 23.4 Å². The van der Waals surface area contributed by atoms with Crippen LogP contribution in [0.2, 0.25) is 0 Å². The molecule has 3 heterocycles. The largest absolute Gasteiger partial charge is 0.313 e. The second kappa shape index (κ2) is 5.00. The van der Waals surface area contributed by atoms with Crippen LogP contribution in [-0.2, 0) is 0 Å². The fraction of sp³-hybridized carbons (Fsp3) is 0.200. The Bertz CT molecular complexity index is 765. The average Bonchev–Trinajstić information content (AvgIpc) is 3.01. The van der Waals surface area contributed by atoms with Crippen LogP contribution in [-0.4, -0.2) is 9.55 Å². The highest BCUT2D eigenvalue weighted by atomic mass is 32.1. The minimum absolute atomic E-state index is 0.619. The summed E-state index contributed by atoms with van der Waals surface area (Å²) in [5.74, 6) is 0. The van der Waals surface area contributed by atoms with Gasteiger partial charge in [-0.2, -0.15) is 0 Å². The van der Waals surface area contributed by atoms with E-state index in [9.17, 15) is 0 Å². The molecule has 100 valence electrons. The van der Waals surface area contributed by atoms with Gasteiger partial charge in [0.25, 0.3) is 0 Å². The summed E-state index contributed by atoms with van der Waals surface area (Å²) in [7, 11) is 0. The number of hydrogen-bond donors (Lipinski definition) is 0. The molecule has 0 aromatic carbocycles. The Kier molecular flexibility index (Phi) is 3.01. The lowest BCUT2D eigenvalue weighted by molar-refractivity contribution is 0.726. The predicted molar refractivity (Wildman–Crippen MR) is 83.4 cm³/mol. The standard InChI is InChI=1S/C15H13N3S2/c1-3-11(9-16-7-1)17-15-18(12-5-6-12)13(10-20-15)14-4-2-8-19-14/h1-4,7-10,12H,5-6H2. The molecule has 1 fully saturated rings. The van der Waals surface area contributed by atoms with E-state index in [4.69, 9.17) is 4.99 Å². The second-order valence-electron chi connectivity index (χ2n) is 4.81. The smallest absolute Gasteiger partial charge is 0.190 e. The second-order valence-corrected chi connectivity index (χ2v) is 6.59. The molecule has 0 aliphatic heterocycles. The van der Waals surface area contributed by atoms with Gasteiger partial charge in [0.15, 0.2) is 4.80 Å². The Balaban J connectivity index is 1.87. The quantitative estimate of drug-likeness (QED) is 0.711. The molecule has 0 atom stereocenters. The van der Waals surface area contributed by atoms with Crippen LogP contribution in [0.15, 0.2) is 52.4 Å². The molecule has 0 radical (unpaired) electrons. The van der Waals surface area contributed by atoms with Crippen LogP contribution in [0, 0.1) is 0 Å². The van der Waals surface area contributed by atoms with Gasteiger partial charge in [-0.15, -0.1) is 22.7 Å². The van der Waals surface area contributed by atoms with Crippen LogP contribution in [0.1, 0.15) is 18.9 Å². The van der Waals surface area contributed by atoms with E-state index in [-0.39, 0.29) is 0 Å². The van der Waals surface area contributed by atoms with Crippen LogP contribution in [0.5, 0.6) is 0 Å². The van der Waals surface area contributed by atoms with Gasteiger partial charge in [-0.1, -0.05) is 6.07 Å². The van der Waals surface area contributed by atoms with E-state index < -0.39 is 0 Å². The highest BCUT2D eigenvalue weighted by Gasteiger charge is 2.27. The summed E-state index contributed by atoms with van der Waals surface area (Å²) in [6.07, 6.45) is 6.10. The van der Waals surface area contributed by atoms with Gasteiger partial charge in [0.1, 0.15) is 0 Å². The van der Waals surface area contributed by atoms with E-state index in [1.54, 1.807) is 28.9 Å². The number of pyridine rings is 1. The van der Waals surface area contributed by atoms with Gasteiger partial charge in [0.05, 0.1) is 22.5 Å². The number of nitrogens with zero attached hydrogens (tertiary/aromatic N) is 3. The number of hydrogen-bond acceptors (Lipinski definition) is 4. The lowest BCUT2D eigenvalue weighted by Crippen LogP contribution is -2.13. The molecule has 0 N–H and O–H groups in total. The maximum Gasteiger partial charge on any atom is 0.190 e. The van der Waals surface area contributed by atoms with Crippen molar-refractivity contribution in [2.45, 2.75) is 18.9 Å². The van der Waals surface area contributed by atoms with Gasteiger partial charge in [-0.25, -0.2) is 4.99 Å². The molecule has 4 rings (SSSR count). The van der Waals surface area contributed by atoms with E-state index in [1.807, 2.05) is 18.3 Å². The molecular formula is C15H13N3S2. The predicted octanol–water partition coefficient (Wildman–Crippen LogP) is 4.24. The molecular weight excluding hydrogens is 286 g/mol. The lowest BCUT2D eigenvalue weighted by atomic mass is 10.3. The molecule has 0 spiro atoms. The zero-order valence-corrected chi connectivity index (χ0v) is 12.4. The summed E-state index contributed by atoms with van der Waals surface area (Å²) in [5, 5.41) is 4.35. The zero-order valence-electron chi connectivity index (χ0n) is 10.8. The van der Waals surface area contributed by atoms with E-state index in [0.29, 0.717) is 6.04 Å². The van der Waals surface area contributed by atoms with Gasteiger partial charge in [-0.05, 0) is 36.4 Å². The highest BCUT2D eigenvalue weighted by Crippen LogP contribution is 2.39. The van der Waals surface area contributed by atoms with E-state index in [0.717, 1.165) is 10.5 Å². The first-order valence-corrected chi connectivity index (χ1v) is 8.36. The summed E-state index contributed by atoms with van der Waals surface area (Å²) < 4.78 is 2.39. The van der Waals surface area contributed by atoms with Crippen LogP contribution < -0.4 is 4.80 Å². The molecule has 0 amide bonds. The fourth-order valence-electron chi connectivity index (χ4n) is 2.22. The summed E-state index contributed by atoms with van der Waals surface area (Å²) in [6, 6.07) is 8.82. The maximum atomic E-state index is 4.76. The minimum atomic E-state index is 0.619. The Morgan fingerprint density at radius 3 is 2.85 bits per heavy atom. The van der Waals surface area contributed by atoms with Crippen molar-refractivity contribution in [3.8, 4) is 10.6 Å². The average molecular weight is 299 g/mol. The lowest BCUT2D eigenvalue weighted by Gasteiger charge is -2.05.